The Hall–Kier alpha value is -1.72. The molecule has 0 aliphatic heterocycles. The van der Waals surface area contributed by atoms with Crippen molar-refractivity contribution in [3.8, 4) is 0 Å². The molecule has 0 spiro atoms. The van der Waals surface area contributed by atoms with E-state index in [0.717, 1.165) is 98.3 Å². The van der Waals surface area contributed by atoms with Gasteiger partial charge in [-0.15, -0.1) is 0 Å². The fourth-order valence-electron chi connectivity index (χ4n) is 8.14. The normalized spacial score (nSPS) is 12.7. The number of rotatable bonds is 30. The van der Waals surface area contributed by atoms with Gasteiger partial charge in [0.2, 0.25) is 0 Å². The van der Waals surface area contributed by atoms with Gasteiger partial charge in [-0.3, -0.25) is 0 Å². The van der Waals surface area contributed by atoms with Gasteiger partial charge in [-0.05, 0) is 108 Å². The lowest BCUT2D eigenvalue weighted by atomic mass is 9.63. The third-order valence-corrected chi connectivity index (χ3v) is 11.7. The van der Waals surface area contributed by atoms with E-state index in [4.69, 9.17) is 0 Å². The summed E-state index contributed by atoms with van der Waals surface area (Å²) in [5.41, 5.74) is 2.81. The van der Waals surface area contributed by atoms with E-state index in [-0.39, 0.29) is 0 Å². The summed E-state index contributed by atoms with van der Waals surface area (Å²) in [7, 11) is 0. The first-order chi connectivity index (χ1) is 25.3. The highest BCUT2D eigenvalue weighted by Gasteiger charge is 2.53. The molecule has 4 N–H and O–H groups in total. The van der Waals surface area contributed by atoms with Crippen molar-refractivity contribution in [3.05, 3.63) is 69.8 Å². The maximum absolute atomic E-state index is 13.5. The van der Waals surface area contributed by atoms with Crippen LogP contribution in [0.15, 0.2) is 36.4 Å². The smallest absolute Gasteiger partial charge is 0.127 e. The molecule has 0 radical (unpaired) electrons. The summed E-state index contributed by atoms with van der Waals surface area (Å²) in [5, 5.41) is 46.6. The summed E-state index contributed by atoms with van der Waals surface area (Å²) in [6.45, 7) is 16.7. The number of aryl methyl sites for hydroxylation is 4. The van der Waals surface area contributed by atoms with E-state index in [1.54, 1.807) is 0 Å². The van der Waals surface area contributed by atoms with Crippen molar-refractivity contribution < 1.29 is 20.4 Å². The second-order valence-corrected chi connectivity index (χ2v) is 18.4. The van der Waals surface area contributed by atoms with E-state index < -0.39 is 30.8 Å². The standard InChI is InChI=1S/C49H84O4/c1-38(2)21-13-9-17-25-42-29-31-46(44(33-42)27-19-11-15-23-40(5)6)49(53,48(35-50,36-51)37-52)47-32-30-43(26-18-10-14-22-39(3)4)34-45(47)28-20-12-16-24-41(7)8/h29-34,38-41,50-53H,9-28,35-37H2,1-8H3. The molecule has 0 aromatic heterocycles. The molecule has 0 heterocycles. The van der Waals surface area contributed by atoms with Crippen LogP contribution in [0, 0.1) is 29.1 Å². The monoisotopic (exact) mass is 737 g/mol. The Morgan fingerprint density at radius 2 is 0.717 bits per heavy atom. The molecule has 2 rings (SSSR count). The van der Waals surface area contributed by atoms with Crippen LogP contribution < -0.4 is 0 Å². The molecule has 0 unspecified atom stereocenters. The van der Waals surface area contributed by atoms with Crippen LogP contribution in [-0.2, 0) is 31.3 Å². The maximum atomic E-state index is 13.5. The van der Waals surface area contributed by atoms with Gasteiger partial charge in [0.25, 0.3) is 0 Å². The Morgan fingerprint density at radius 1 is 0.415 bits per heavy atom. The van der Waals surface area contributed by atoms with E-state index in [1.165, 1.54) is 75.3 Å². The molecular formula is C49H84O4. The largest absolute Gasteiger partial charge is 0.395 e. The van der Waals surface area contributed by atoms with Gasteiger partial charge >= 0.3 is 0 Å². The Kier molecular flexibility index (Phi) is 22.8. The third-order valence-electron chi connectivity index (χ3n) is 11.7. The highest BCUT2D eigenvalue weighted by molar-refractivity contribution is 5.49. The molecule has 0 bridgehead atoms. The van der Waals surface area contributed by atoms with Crippen LogP contribution in [0.25, 0.3) is 0 Å². The molecule has 0 saturated heterocycles. The van der Waals surface area contributed by atoms with Gasteiger partial charge in [0.05, 0.1) is 25.2 Å². The number of unbranched alkanes of at least 4 members (excludes halogenated alkanes) is 8. The predicted molar refractivity (Wildman–Crippen MR) is 228 cm³/mol. The van der Waals surface area contributed by atoms with Crippen molar-refractivity contribution in [3.63, 3.8) is 0 Å². The van der Waals surface area contributed by atoms with E-state index in [0.29, 0.717) is 11.8 Å². The number of benzene rings is 2. The predicted octanol–water partition coefficient (Wildman–Crippen LogP) is 11.9. The lowest BCUT2D eigenvalue weighted by Gasteiger charge is -2.47. The van der Waals surface area contributed by atoms with E-state index in [2.05, 4.69) is 91.8 Å². The molecule has 0 atom stereocenters. The molecule has 2 aromatic carbocycles. The Balaban J connectivity index is 2.66. The molecule has 0 aliphatic carbocycles. The first-order valence-corrected chi connectivity index (χ1v) is 22.1. The summed E-state index contributed by atoms with van der Waals surface area (Å²) in [6, 6.07) is 13.0. The Labute approximate surface area is 327 Å². The van der Waals surface area contributed by atoms with Gasteiger partial charge < -0.3 is 20.4 Å². The van der Waals surface area contributed by atoms with Crippen molar-refractivity contribution in [1.29, 1.82) is 0 Å². The lowest BCUT2D eigenvalue weighted by molar-refractivity contribution is -0.136. The Bertz CT molecular complexity index is 1150. The summed E-state index contributed by atoms with van der Waals surface area (Å²) < 4.78 is 0. The second-order valence-electron chi connectivity index (χ2n) is 18.4. The van der Waals surface area contributed by atoms with Crippen LogP contribution in [0.1, 0.15) is 192 Å². The van der Waals surface area contributed by atoms with Gasteiger partial charge in [-0.25, -0.2) is 0 Å². The fraction of sp³-hybridized carbons (Fsp3) is 0.755. The molecule has 4 heteroatoms. The zero-order chi connectivity index (χ0) is 39.3. The Morgan fingerprint density at radius 3 is 1.00 bits per heavy atom. The van der Waals surface area contributed by atoms with Gasteiger partial charge in [0.15, 0.2) is 0 Å². The maximum Gasteiger partial charge on any atom is 0.127 e. The first-order valence-electron chi connectivity index (χ1n) is 22.1. The number of aliphatic hydroxyl groups is 4. The summed E-state index contributed by atoms with van der Waals surface area (Å²) in [4.78, 5) is 0. The zero-order valence-corrected chi connectivity index (χ0v) is 35.8. The minimum Gasteiger partial charge on any atom is -0.395 e. The minimum atomic E-state index is -1.78. The molecule has 304 valence electrons. The van der Waals surface area contributed by atoms with Gasteiger partial charge in [0.1, 0.15) is 5.60 Å². The van der Waals surface area contributed by atoms with E-state index >= 15 is 0 Å². The quantitative estimate of drug-likeness (QED) is 0.0602. The highest BCUT2D eigenvalue weighted by atomic mass is 16.3. The van der Waals surface area contributed by atoms with Crippen molar-refractivity contribution in [1.82, 2.24) is 0 Å². The topological polar surface area (TPSA) is 80.9 Å². The van der Waals surface area contributed by atoms with Crippen LogP contribution in [0.3, 0.4) is 0 Å². The fourth-order valence-corrected chi connectivity index (χ4v) is 8.14. The second kappa shape index (κ2) is 25.4. The van der Waals surface area contributed by atoms with Crippen LogP contribution in [0.2, 0.25) is 0 Å². The number of hydrogen-bond donors (Lipinski definition) is 4. The first kappa shape index (κ1) is 47.4. The molecular weight excluding hydrogens is 653 g/mol. The lowest BCUT2D eigenvalue weighted by Crippen LogP contribution is -2.55. The molecule has 53 heavy (non-hydrogen) atoms. The van der Waals surface area contributed by atoms with E-state index in [9.17, 15) is 20.4 Å². The average Bonchev–Trinajstić information content (AvgIpc) is 3.11. The van der Waals surface area contributed by atoms with Crippen LogP contribution in [-0.4, -0.2) is 40.2 Å². The van der Waals surface area contributed by atoms with Crippen LogP contribution >= 0.6 is 0 Å². The van der Waals surface area contributed by atoms with Crippen LogP contribution in [0.4, 0.5) is 0 Å². The van der Waals surface area contributed by atoms with E-state index in [1.807, 2.05) is 0 Å². The van der Waals surface area contributed by atoms with Gasteiger partial charge in [0, 0.05) is 0 Å². The van der Waals surface area contributed by atoms with Crippen molar-refractivity contribution in [2.75, 3.05) is 19.8 Å². The number of aliphatic hydroxyl groups excluding tert-OH is 3. The van der Waals surface area contributed by atoms with Crippen molar-refractivity contribution in [2.24, 2.45) is 29.1 Å². The summed E-state index contributed by atoms with van der Waals surface area (Å²) in [6.07, 6.45) is 22.4. The van der Waals surface area contributed by atoms with Crippen LogP contribution in [0.5, 0.6) is 0 Å². The summed E-state index contributed by atoms with van der Waals surface area (Å²) in [5.74, 6) is 2.82. The molecule has 0 aliphatic rings. The third kappa shape index (κ3) is 15.7. The minimum absolute atomic E-state index is 0.534. The average molecular weight is 737 g/mol. The number of hydrogen-bond acceptors (Lipinski definition) is 4. The molecule has 4 nitrogen and oxygen atoms in total. The van der Waals surface area contributed by atoms with Gasteiger partial charge in [-0.1, -0.05) is 169 Å². The summed E-state index contributed by atoms with van der Waals surface area (Å²) >= 11 is 0. The molecule has 0 fully saturated rings. The van der Waals surface area contributed by atoms with Crippen molar-refractivity contribution in [2.45, 2.75) is 189 Å². The molecule has 0 saturated carbocycles. The van der Waals surface area contributed by atoms with Crippen molar-refractivity contribution >= 4 is 0 Å². The molecule has 0 amide bonds. The zero-order valence-electron chi connectivity index (χ0n) is 35.8. The SMILES string of the molecule is CC(C)CCCCCc1ccc(C(O)(c2ccc(CCCCCC(C)C)cc2CCCCCC(C)C)C(CO)(CO)CO)c(CCCCCC(C)C)c1. The highest BCUT2D eigenvalue weighted by Crippen LogP contribution is 2.48. The molecule has 2 aromatic rings. The van der Waals surface area contributed by atoms with Gasteiger partial charge in [-0.2, -0.15) is 0 Å².